The second-order valence-corrected chi connectivity index (χ2v) is 9.53. The Morgan fingerprint density at radius 1 is 0.611 bits per heavy atom. The molecular formula is C28H22Br2N2O4. The van der Waals surface area contributed by atoms with Gasteiger partial charge < -0.3 is 19.7 Å². The summed E-state index contributed by atoms with van der Waals surface area (Å²) in [7, 11) is 3.18. The molecule has 0 aliphatic carbocycles. The van der Waals surface area contributed by atoms with Crippen molar-refractivity contribution in [1.82, 2.24) is 0 Å². The molecule has 0 aromatic heterocycles. The topological polar surface area (TPSA) is 83.6 Å². The zero-order valence-electron chi connectivity index (χ0n) is 19.4. The van der Waals surface area contributed by atoms with Crippen molar-refractivity contribution in [3.63, 3.8) is 0 Å². The Morgan fingerprint density at radius 2 is 1.03 bits per heavy atom. The molecule has 0 atom stereocenters. The van der Waals surface area contributed by atoms with E-state index >= 15 is 0 Å². The maximum atomic E-state index is 10.1. The van der Waals surface area contributed by atoms with Crippen molar-refractivity contribution in [3.8, 4) is 34.1 Å². The van der Waals surface area contributed by atoms with E-state index in [2.05, 4.69) is 41.8 Å². The highest BCUT2D eigenvalue weighted by atomic mass is 79.9. The van der Waals surface area contributed by atoms with Crippen LogP contribution < -0.4 is 9.47 Å². The van der Waals surface area contributed by atoms with Crippen molar-refractivity contribution in [1.29, 1.82) is 0 Å². The Morgan fingerprint density at radius 3 is 1.42 bits per heavy atom. The largest absolute Gasteiger partial charge is 0.507 e. The number of phenolic OH excluding ortho intramolecular Hbond substituents is 2. The van der Waals surface area contributed by atoms with Gasteiger partial charge in [0.1, 0.15) is 34.4 Å². The number of ether oxygens (including phenoxy) is 2. The molecule has 0 aliphatic rings. The van der Waals surface area contributed by atoms with Gasteiger partial charge in [-0.3, -0.25) is 9.98 Å². The van der Waals surface area contributed by atoms with Gasteiger partial charge in [-0.15, -0.1) is 0 Å². The van der Waals surface area contributed by atoms with Crippen LogP contribution in [0.3, 0.4) is 0 Å². The van der Waals surface area contributed by atoms with Crippen LogP contribution >= 0.6 is 31.9 Å². The molecular weight excluding hydrogens is 588 g/mol. The van der Waals surface area contributed by atoms with Gasteiger partial charge in [-0.2, -0.15) is 0 Å². The van der Waals surface area contributed by atoms with Crippen LogP contribution in [-0.2, 0) is 0 Å². The number of methoxy groups -OCH3 is 2. The van der Waals surface area contributed by atoms with Gasteiger partial charge >= 0.3 is 0 Å². The van der Waals surface area contributed by atoms with Gasteiger partial charge in [0.25, 0.3) is 0 Å². The highest BCUT2D eigenvalue weighted by Gasteiger charge is 2.10. The van der Waals surface area contributed by atoms with Crippen LogP contribution in [0.25, 0.3) is 11.1 Å². The van der Waals surface area contributed by atoms with Crippen LogP contribution in [0.2, 0.25) is 0 Å². The molecule has 0 heterocycles. The van der Waals surface area contributed by atoms with Crippen molar-refractivity contribution in [2.45, 2.75) is 0 Å². The smallest absolute Gasteiger partial charge is 0.145 e. The molecule has 0 saturated carbocycles. The minimum Gasteiger partial charge on any atom is -0.507 e. The van der Waals surface area contributed by atoms with Gasteiger partial charge in [-0.1, -0.05) is 44.0 Å². The Kier molecular flexibility index (Phi) is 8.07. The average molecular weight is 610 g/mol. The molecule has 0 saturated heterocycles. The Bertz CT molecular complexity index is 1360. The number of benzene rings is 4. The fourth-order valence-electron chi connectivity index (χ4n) is 3.46. The highest BCUT2D eigenvalue weighted by molar-refractivity contribution is 9.10. The molecule has 4 rings (SSSR count). The summed E-state index contributed by atoms with van der Waals surface area (Å²) in [5.41, 5.74) is 4.26. The number of hydrogen-bond acceptors (Lipinski definition) is 6. The molecule has 0 unspecified atom stereocenters. The van der Waals surface area contributed by atoms with Crippen molar-refractivity contribution in [3.05, 3.63) is 92.9 Å². The van der Waals surface area contributed by atoms with Crippen LogP contribution in [0.15, 0.2) is 91.7 Å². The van der Waals surface area contributed by atoms with Crippen molar-refractivity contribution < 1.29 is 19.7 Å². The predicted octanol–water partition coefficient (Wildman–Crippen LogP) is 7.81. The molecule has 8 heteroatoms. The van der Waals surface area contributed by atoms with Crippen LogP contribution in [0.1, 0.15) is 11.1 Å². The van der Waals surface area contributed by atoms with E-state index in [1.165, 1.54) is 0 Å². The Balaban J connectivity index is 1.62. The summed E-state index contributed by atoms with van der Waals surface area (Å²) in [6.07, 6.45) is 3.19. The number of hydrogen-bond donors (Lipinski definition) is 2. The second kappa shape index (κ2) is 11.4. The first-order valence-electron chi connectivity index (χ1n) is 10.8. The van der Waals surface area contributed by atoms with Gasteiger partial charge in [0.2, 0.25) is 0 Å². The fraction of sp³-hybridized carbons (Fsp3) is 0.0714. The number of aromatic hydroxyl groups is 2. The molecule has 0 fully saturated rings. The van der Waals surface area contributed by atoms with Crippen molar-refractivity contribution in [2.75, 3.05) is 14.2 Å². The summed E-state index contributed by atoms with van der Waals surface area (Å²) in [5.74, 6) is 1.46. The number of phenols is 2. The van der Waals surface area contributed by atoms with Gasteiger partial charge in [0, 0.05) is 32.5 Å². The van der Waals surface area contributed by atoms with Crippen LogP contribution in [0.5, 0.6) is 23.0 Å². The SMILES string of the molecule is COc1cc(-c2ccc(N=Cc3cc(Br)ccc3O)c(OC)c2)ccc1N=Cc1cc(Br)ccc1O. The Hall–Kier alpha value is -3.62. The summed E-state index contributed by atoms with van der Waals surface area (Å²) < 4.78 is 12.8. The molecule has 0 amide bonds. The molecule has 0 bridgehead atoms. The third-order valence-electron chi connectivity index (χ3n) is 5.36. The first kappa shape index (κ1) is 25.5. The average Bonchev–Trinajstić information content (AvgIpc) is 2.89. The van der Waals surface area contributed by atoms with E-state index in [1.807, 2.05) is 36.4 Å². The summed E-state index contributed by atoms with van der Waals surface area (Å²) in [6, 6.07) is 21.7. The molecule has 4 aromatic rings. The van der Waals surface area contributed by atoms with E-state index in [0.717, 1.165) is 20.1 Å². The van der Waals surface area contributed by atoms with Crippen LogP contribution in [0.4, 0.5) is 11.4 Å². The molecule has 0 radical (unpaired) electrons. The lowest BCUT2D eigenvalue weighted by atomic mass is 10.0. The van der Waals surface area contributed by atoms with Gasteiger partial charge in [0.05, 0.1) is 14.2 Å². The first-order chi connectivity index (χ1) is 17.4. The second-order valence-electron chi connectivity index (χ2n) is 7.70. The molecule has 4 aromatic carbocycles. The lowest BCUT2D eigenvalue weighted by Crippen LogP contribution is -1.89. The number of nitrogens with zero attached hydrogens (tertiary/aromatic N) is 2. The fourth-order valence-corrected chi connectivity index (χ4v) is 4.22. The standard InChI is InChI=1S/C28H22Br2N2O4/c1-35-27-13-17(3-7-23(27)31-15-19-11-21(29)5-9-25(19)33)18-4-8-24(28(14-18)36-2)32-16-20-12-22(30)6-10-26(20)34/h3-16,33-34H,1-2H3. The summed E-state index contributed by atoms with van der Waals surface area (Å²) in [5, 5.41) is 20.1. The van der Waals surface area contributed by atoms with Gasteiger partial charge in [-0.05, 0) is 71.8 Å². The van der Waals surface area contributed by atoms with E-state index in [-0.39, 0.29) is 11.5 Å². The number of aliphatic imine (C=N–C) groups is 2. The lowest BCUT2D eigenvalue weighted by molar-refractivity contribution is 0.415. The summed E-state index contributed by atoms with van der Waals surface area (Å²) in [4.78, 5) is 9.00. The predicted molar refractivity (Wildman–Crippen MR) is 151 cm³/mol. The van der Waals surface area contributed by atoms with E-state index in [4.69, 9.17) is 9.47 Å². The summed E-state index contributed by atoms with van der Waals surface area (Å²) >= 11 is 6.80. The van der Waals surface area contributed by atoms with Gasteiger partial charge in [-0.25, -0.2) is 0 Å². The van der Waals surface area contributed by atoms with E-state index in [0.29, 0.717) is 34.0 Å². The van der Waals surface area contributed by atoms with Gasteiger partial charge in [0.15, 0.2) is 0 Å². The molecule has 0 aliphatic heterocycles. The number of rotatable bonds is 7. The normalized spacial score (nSPS) is 11.3. The number of halogens is 2. The Labute approximate surface area is 225 Å². The molecule has 2 N–H and O–H groups in total. The lowest BCUT2D eigenvalue weighted by Gasteiger charge is -2.11. The van der Waals surface area contributed by atoms with Crippen LogP contribution in [0, 0.1) is 0 Å². The van der Waals surface area contributed by atoms with Crippen LogP contribution in [-0.4, -0.2) is 36.9 Å². The third-order valence-corrected chi connectivity index (χ3v) is 6.34. The first-order valence-corrected chi connectivity index (χ1v) is 12.4. The zero-order chi connectivity index (χ0) is 25.7. The quantitative estimate of drug-likeness (QED) is 0.209. The van der Waals surface area contributed by atoms with E-state index in [1.54, 1.807) is 63.0 Å². The van der Waals surface area contributed by atoms with E-state index < -0.39 is 0 Å². The monoisotopic (exact) mass is 608 g/mol. The molecule has 36 heavy (non-hydrogen) atoms. The minimum absolute atomic E-state index is 0.141. The maximum Gasteiger partial charge on any atom is 0.145 e. The molecule has 6 nitrogen and oxygen atoms in total. The third kappa shape index (κ3) is 5.95. The molecule has 182 valence electrons. The molecule has 0 spiro atoms. The summed E-state index contributed by atoms with van der Waals surface area (Å²) in [6.45, 7) is 0. The van der Waals surface area contributed by atoms with Crippen molar-refractivity contribution >= 4 is 55.7 Å². The highest BCUT2D eigenvalue weighted by Crippen LogP contribution is 2.37. The van der Waals surface area contributed by atoms with E-state index in [9.17, 15) is 10.2 Å². The van der Waals surface area contributed by atoms with Crippen molar-refractivity contribution in [2.24, 2.45) is 9.98 Å². The minimum atomic E-state index is 0.141. The zero-order valence-corrected chi connectivity index (χ0v) is 22.6. The maximum absolute atomic E-state index is 10.1.